The largest absolute Gasteiger partial charge is 0.417 e. The molecule has 0 saturated heterocycles. The van der Waals surface area contributed by atoms with Gasteiger partial charge in [-0.05, 0) is 6.07 Å². The zero-order valence-corrected chi connectivity index (χ0v) is 11.4. The van der Waals surface area contributed by atoms with Crippen LogP contribution >= 0.6 is 11.6 Å². The molecule has 8 heteroatoms. The number of hydrogen-bond acceptors (Lipinski definition) is 3. The maximum Gasteiger partial charge on any atom is 0.417 e. The SMILES string of the molecule is CN(C)C(=O)CN(C)c1ncc(C(F)(F)F)cc1Cl. The molecule has 106 valence electrons. The zero-order valence-electron chi connectivity index (χ0n) is 10.6. The van der Waals surface area contributed by atoms with E-state index < -0.39 is 11.7 Å². The lowest BCUT2D eigenvalue weighted by Crippen LogP contribution is -2.34. The Morgan fingerprint density at radius 2 is 1.95 bits per heavy atom. The predicted octanol–water partition coefficient (Wildman–Crippen LogP) is 2.28. The highest BCUT2D eigenvalue weighted by Crippen LogP contribution is 2.33. The van der Waals surface area contributed by atoms with Crippen LogP contribution < -0.4 is 4.90 Å². The summed E-state index contributed by atoms with van der Waals surface area (Å²) in [4.78, 5) is 17.9. The molecule has 0 N–H and O–H groups in total. The van der Waals surface area contributed by atoms with Gasteiger partial charge in [0.1, 0.15) is 5.82 Å². The van der Waals surface area contributed by atoms with E-state index in [-0.39, 0.29) is 23.3 Å². The summed E-state index contributed by atoms with van der Waals surface area (Å²) in [5, 5.41) is -0.149. The van der Waals surface area contributed by atoms with Gasteiger partial charge in [0.25, 0.3) is 0 Å². The molecule has 0 aliphatic rings. The van der Waals surface area contributed by atoms with Gasteiger partial charge in [0.2, 0.25) is 5.91 Å². The van der Waals surface area contributed by atoms with Crippen molar-refractivity contribution in [1.29, 1.82) is 0 Å². The van der Waals surface area contributed by atoms with Crippen molar-refractivity contribution in [3.8, 4) is 0 Å². The number of carbonyl (C=O) groups excluding carboxylic acids is 1. The average Bonchev–Trinajstić information content (AvgIpc) is 2.27. The number of likely N-dealkylation sites (N-methyl/N-ethyl adjacent to an activating group) is 2. The van der Waals surface area contributed by atoms with E-state index in [4.69, 9.17) is 11.6 Å². The number of amides is 1. The number of aromatic nitrogens is 1. The van der Waals surface area contributed by atoms with Gasteiger partial charge in [-0.15, -0.1) is 0 Å². The van der Waals surface area contributed by atoms with Crippen LogP contribution in [-0.2, 0) is 11.0 Å². The van der Waals surface area contributed by atoms with E-state index in [1.54, 1.807) is 14.1 Å². The van der Waals surface area contributed by atoms with Crippen LogP contribution in [0, 0.1) is 0 Å². The van der Waals surface area contributed by atoms with Gasteiger partial charge >= 0.3 is 6.18 Å². The Kier molecular flexibility index (Phi) is 4.62. The summed E-state index contributed by atoms with van der Waals surface area (Å²) in [6, 6.07) is 0.792. The Balaban J connectivity index is 2.94. The van der Waals surface area contributed by atoms with Crippen LogP contribution in [0.4, 0.5) is 19.0 Å². The first kappa shape index (κ1) is 15.6. The molecule has 1 rings (SSSR count). The van der Waals surface area contributed by atoms with E-state index in [1.807, 2.05) is 0 Å². The van der Waals surface area contributed by atoms with Crippen LogP contribution in [0.15, 0.2) is 12.3 Å². The topological polar surface area (TPSA) is 36.4 Å². The average molecular weight is 296 g/mol. The molecule has 1 heterocycles. The minimum absolute atomic E-state index is 0.0227. The minimum atomic E-state index is -4.49. The van der Waals surface area contributed by atoms with Crippen molar-refractivity contribution in [1.82, 2.24) is 9.88 Å². The molecule has 0 fully saturated rings. The summed E-state index contributed by atoms with van der Waals surface area (Å²) in [6.07, 6.45) is -3.80. The van der Waals surface area contributed by atoms with E-state index >= 15 is 0 Å². The fourth-order valence-electron chi connectivity index (χ4n) is 1.29. The van der Waals surface area contributed by atoms with Crippen LogP contribution in [0.1, 0.15) is 5.56 Å². The number of alkyl halides is 3. The first-order valence-corrected chi connectivity index (χ1v) is 5.64. The van der Waals surface area contributed by atoms with Gasteiger partial charge in [0.05, 0.1) is 17.1 Å². The summed E-state index contributed by atoms with van der Waals surface area (Å²) in [5.74, 6) is -0.0786. The fourth-order valence-corrected chi connectivity index (χ4v) is 1.60. The molecule has 0 aromatic carbocycles. The molecule has 1 aromatic rings. The second kappa shape index (κ2) is 5.64. The van der Waals surface area contributed by atoms with Gasteiger partial charge in [0.15, 0.2) is 0 Å². The number of nitrogens with zero attached hydrogens (tertiary/aromatic N) is 3. The predicted molar refractivity (Wildman–Crippen MR) is 66.2 cm³/mol. The van der Waals surface area contributed by atoms with E-state index in [9.17, 15) is 18.0 Å². The van der Waals surface area contributed by atoms with Crippen molar-refractivity contribution < 1.29 is 18.0 Å². The van der Waals surface area contributed by atoms with Crippen molar-refractivity contribution in [2.45, 2.75) is 6.18 Å². The third kappa shape index (κ3) is 3.99. The Labute approximate surface area is 113 Å². The summed E-state index contributed by atoms with van der Waals surface area (Å²) in [5.41, 5.74) is -0.923. The molecule has 0 atom stereocenters. The van der Waals surface area contributed by atoms with Crippen LogP contribution in [0.25, 0.3) is 0 Å². The van der Waals surface area contributed by atoms with Gasteiger partial charge in [-0.2, -0.15) is 13.2 Å². The number of anilines is 1. The molecule has 0 saturated carbocycles. The van der Waals surface area contributed by atoms with Gasteiger partial charge in [-0.25, -0.2) is 4.98 Å². The molecule has 0 radical (unpaired) electrons. The molecular weight excluding hydrogens is 283 g/mol. The third-order valence-electron chi connectivity index (χ3n) is 2.38. The lowest BCUT2D eigenvalue weighted by atomic mass is 10.2. The second-order valence-corrected chi connectivity index (χ2v) is 4.58. The molecule has 0 aliphatic heterocycles. The fraction of sp³-hybridized carbons (Fsp3) is 0.455. The normalized spacial score (nSPS) is 11.3. The van der Waals surface area contributed by atoms with E-state index in [1.165, 1.54) is 16.8 Å². The van der Waals surface area contributed by atoms with E-state index in [0.717, 1.165) is 6.07 Å². The Bertz CT molecular complexity index is 477. The number of carbonyl (C=O) groups is 1. The first-order chi connectivity index (χ1) is 8.62. The van der Waals surface area contributed by atoms with Gasteiger partial charge in [-0.3, -0.25) is 4.79 Å². The summed E-state index contributed by atoms with van der Waals surface area (Å²) < 4.78 is 37.3. The zero-order chi connectivity index (χ0) is 14.8. The minimum Gasteiger partial charge on any atom is -0.349 e. The molecular formula is C11H13ClF3N3O. The van der Waals surface area contributed by atoms with Gasteiger partial charge in [-0.1, -0.05) is 11.6 Å². The number of pyridine rings is 1. The smallest absolute Gasteiger partial charge is 0.349 e. The molecule has 0 unspecified atom stereocenters. The maximum atomic E-state index is 12.4. The molecule has 1 amide bonds. The number of rotatable bonds is 3. The summed E-state index contributed by atoms with van der Waals surface area (Å²) in [6.45, 7) is -0.0227. The molecule has 4 nitrogen and oxygen atoms in total. The van der Waals surface area contributed by atoms with Crippen molar-refractivity contribution in [2.24, 2.45) is 0 Å². The molecule has 0 aliphatic carbocycles. The Morgan fingerprint density at radius 3 is 2.37 bits per heavy atom. The van der Waals surface area contributed by atoms with Gasteiger partial charge < -0.3 is 9.80 Å². The van der Waals surface area contributed by atoms with Crippen LogP contribution in [0.2, 0.25) is 5.02 Å². The monoisotopic (exact) mass is 295 g/mol. The maximum absolute atomic E-state index is 12.4. The molecule has 0 bridgehead atoms. The number of halogens is 4. The van der Waals surface area contributed by atoms with E-state index in [0.29, 0.717) is 6.20 Å². The van der Waals surface area contributed by atoms with Crippen LogP contribution in [-0.4, -0.2) is 43.5 Å². The highest BCUT2D eigenvalue weighted by Gasteiger charge is 2.32. The van der Waals surface area contributed by atoms with Crippen LogP contribution in [0.3, 0.4) is 0 Å². The van der Waals surface area contributed by atoms with Crippen molar-refractivity contribution >= 4 is 23.3 Å². The summed E-state index contributed by atoms with van der Waals surface area (Å²) >= 11 is 5.76. The summed E-state index contributed by atoms with van der Waals surface area (Å²) in [7, 11) is 4.69. The molecule has 19 heavy (non-hydrogen) atoms. The first-order valence-electron chi connectivity index (χ1n) is 5.27. The van der Waals surface area contributed by atoms with Crippen molar-refractivity contribution in [3.63, 3.8) is 0 Å². The highest BCUT2D eigenvalue weighted by molar-refractivity contribution is 6.33. The molecule has 0 spiro atoms. The second-order valence-electron chi connectivity index (χ2n) is 4.17. The standard InChI is InChI=1S/C11H13ClF3N3O/c1-17(2)9(19)6-18(3)10-8(12)4-7(5-16-10)11(13,14)15/h4-5H,6H2,1-3H3. The Morgan fingerprint density at radius 1 is 1.37 bits per heavy atom. The Hall–Kier alpha value is -1.50. The lowest BCUT2D eigenvalue weighted by Gasteiger charge is -2.21. The van der Waals surface area contributed by atoms with Crippen molar-refractivity contribution in [3.05, 3.63) is 22.8 Å². The van der Waals surface area contributed by atoms with Crippen LogP contribution in [0.5, 0.6) is 0 Å². The lowest BCUT2D eigenvalue weighted by molar-refractivity contribution is -0.137. The molecule has 1 aromatic heterocycles. The third-order valence-corrected chi connectivity index (χ3v) is 2.66. The van der Waals surface area contributed by atoms with Crippen molar-refractivity contribution in [2.75, 3.05) is 32.6 Å². The number of hydrogen-bond donors (Lipinski definition) is 0. The van der Waals surface area contributed by atoms with Gasteiger partial charge in [0, 0.05) is 27.3 Å². The quantitative estimate of drug-likeness (QED) is 0.858. The van der Waals surface area contributed by atoms with E-state index in [2.05, 4.69) is 4.98 Å². The highest BCUT2D eigenvalue weighted by atomic mass is 35.5.